The molecule has 0 saturated carbocycles. The van der Waals surface area contributed by atoms with E-state index in [2.05, 4.69) is 44.8 Å². The van der Waals surface area contributed by atoms with Crippen molar-refractivity contribution in [2.24, 2.45) is 4.99 Å². The first-order chi connectivity index (χ1) is 13.7. The average molecular weight is 384 g/mol. The fraction of sp³-hybridized carbons (Fsp3) is 0.381. The fourth-order valence-corrected chi connectivity index (χ4v) is 3.06. The Morgan fingerprint density at radius 3 is 2.39 bits per heavy atom. The maximum atomic E-state index is 5.41. The van der Waals surface area contributed by atoms with Crippen LogP contribution in [-0.4, -0.2) is 53.5 Å². The number of nitrogens with one attached hydrogen (secondary N) is 2. The summed E-state index contributed by atoms with van der Waals surface area (Å²) in [6, 6.07) is 14.3. The van der Waals surface area contributed by atoms with Crippen LogP contribution in [0.5, 0.6) is 11.5 Å². The van der Waals surface area contributed by atoms with Crippen LogP contribution >= 0.6 is 0 Å². The normalized spacial score (nSPS) is 14.5. The molecule has 0 spiro atoms. The first kappa shape index (κ1) is 19.8. The fourth-order valence-electron chi connectivity index (χ4n) is 3.06. The summed E-state index contributed by atoms with van der Waals surface area (Å²) in [6.45, 7) is 4.15. The van der Waals surface area contributed by atoms with Gasteiger partial charge >= 0.3 is 0 Å². The Morgan fingerprint density at radius 2 is 1.75 bits per heavy atom. The van der Waals surface area contributed by atoms with E-state index in [0.717, 1.165) is 32.0 Å². The number of anilines is 2. The van der Waals surface area contributed by atoms with E-state index < -0.39 is 0 Å². The lowest BCUT2D eigenvalue weighted by Gasteiger charge is -2.28. The minimum atomic E-state index is 0.668. The van der Waals surface area contributed by atoms with Crippen LogP contribution in [0.4, 0.5) is 11.4 Å². The molecule has 0 amide bonds. The van der Waals surface area contributed by atoms with Crippen LogP contribution in [0.25, 0.3) is 0 Å². The summed E-state index contributed by atoms with van der Waals surface area (Å²) in [5.74, 6) is 2.04. The van der Waals surface area contributed by atoms with Crippen LogP contribution in [0.3, 0.4) is 0 Å². The Kier molecular flexibility index (Phi) is 6.97. The van der Waals surface area contributed by atoms with Crippen molar-refractivity contribution in [3.8, 4) is 11.5 Å². The second kappa shape index (κ2) is 9.85. The lowest BCUT2D eigenvalue weighted by atomic mass is 10.2. The molecule has 0 aromatic heterocycles. The summed E-state index contributed by atoms with van der Waals surface area (Å²) >= 11 is 0. The van der Waals surface area contributed by atoms with E-state index in [4.69, 9.17) is 14.2 Å². The van der Waals surface area contributed by atoms with Gasteiger partial charge in [0.15, 0.2) is 17.5 Å². The molecule has 0 aliphatic carbocycles. The van der Waals surface area contributed by atoms with Crippen LogP contribution in [0, 0.1) is 0 Å². The molecular formula is C21H28N4O3. The van der Waals surface area contributed by atoms with Crippen molar-refractivity contribution in [1.82, 2.24) is 5.32 Å². The van der Waals surface area contributed by atoms with E-state index in [-0.39, 0.29) is 0 Å². The lowest BCUT2D eigenvalue weighted by Crippen LogP contribution is -2.36. The number of benzene rings is 2. The zero-order valence-corrected chi connectivity index (χ0v) is 16.7. The van der Waals surface area contributed by atoms with Crippen LogP contribution in [0.1, 0.15) is 5.56 Å². The van der Waals surface area contributed by atoms with Crippen molar-refractivity contribution < 1.29 is 14.2 Å². The average Bonchev–Trinajstić information content (AvgIpc) is 2.77. The maximum Gasteiger partial charge on any atom is 0.195 e. The molecule has 3 rings (SSSR count). The molecule has 0 radical (unpaired) electrons. The van der Waals surface area contributed by atoms with Gasteiger partial charge in [0.05, 0.1) is 27.4 Å². The Morgan fingerprint density at radius 1 is 1.04 bits per heavy atom. The van der Waals surface area contributed by atoms with E-state index in [1.807, 2.05) is 18.2 Å². The number of nitrogens with zero attached hydrogens (tertiary/aromatic N) is 2. The van der Waals surface area contributed by atoms with Crippen molar-refractivity contribution in [3.05, 3.63) is 48.0 Å². The summed E-state index contributed by atoms with van der Waals surface area (Å²) in [4.78, 5) is 6.63. The first-order valence-corrected chi connectivity index (χ1v) is 9.35. The summed E-state index contributed by atoms with van der Waals surface area (Å²) in [7, 11) is 4.99. The third-order valence-electron chi connectivity index (χ3n) is 4.64. The Labute approximate surface area is 166 Å². The van der Waals surface area contributed by atoms with Gasteiger partial charge in [0.2, 0.25) is 0 Å². The van der Waals surface area contributed by atoms with Crippen molar-refractivity contribution in [2.45, 2.75) is 6.54 Å². The number of morpholine rings is 1. The molecule has 2 N–H and O–H groups in total. The topological polar surface area (TPSA) is 67.4 Å². The van der Waals surface area contributed by atoms with Crippen molar-refractivity contribution in [1.29, 1.82) is 0 Å². The second-order valence-corrected chi connectivity index (χ2v) is 6.39. The van der Waals surface area contributed by atoms with Gasteiger partial charge in [-0.2, -0.15) is 0 Å². The largest absolute Gasteiger partial charge is 0.493 e. The lowest BCUT2D eigenvalue weighted by molar-refractivity contribution is 0.122. The highest BCUT2D eigenvalue weighted by molar-refractivity contribution is 5.93. The van der Waals surface area contributed by atoms with Gasteiger partial charge in [-0.25, -0.2) is 0 Å². The molecule has 1 fully saturated rings. The SMILES string of the molecule is CN=C(NCc1ccc(N2CCOCC2)cc1)Nc1ccc(OC)c(OC)c1. The molecule has 1 heterocycles. The van der Waals surface area contributed by atoms with Crippen molar-refractivity contribution >= 4 is 17.3 Å². The van der Waals surface area contributed by atoms with E-state index in [0.29, 0.717) is 24.0 Å². The predicted octanol–water partition coefficient (Wildman–Crippen LogP) is 2.73. The highest BCUT2D eigenvalue weighted by Crippen LogP contribution is 2.29. The van der Waals surface area contributed by atoms with E-state index in [9.17, 15) is 0 Å². The molecule has 1 aliphatic heterocycles. The number of methoxy groups -OCH3 is 2. The third-order valence-corrected chi connectivity index (χ3v) is 4.64. The molecule has 150 valence electrons. The number of hydrogen-bond donors (Lipinski definition) is 2. The van der Waals surface area contributed by atoms with Gasteiger partial charge in [-0.3, -0.25) is 4.99 Å². The summed E-state index contributed by atoms with van der Waals surface area (Å²) < 4.78 is 16.0. The molecule has 1 saturated heterocycles. The van der Waals surface area contributed by atoms with Crippen LogP contribution < -0.4 is 25.0 Å². The molecule has 28 heavy (non-hydrogen) atoms. The monoisotopic (exact) mass is 384 g/mol. The second-order valence-electron chi connectivity index (χ2n) is 6.39. The molecule has 7 nitrogen and oxygen atoms in total. The van der Waals surface area contributed by atoms with Gasteiger partial charge in [0.25, 0.3) is 0 Å². The van der Waals surface area contributed by atoms with Crippen molar-refractivity contribution in [3.63, 3.8) is 0 Å². The van der Waals surface area contributed by atoms with E-state index in [1.54, 1.807) is 21.3 Å². The number of hydrogen-bond acceptors (Lipinski definition) is 5. The zero-order valence-electron chi connectivity index (χ0n) is 16.7. The Balaban J connectivity index is 1.56. The number of ether oxygens (including phenoxy) is 3. The van der Waals surface area contributed by atoms with Crippen LogP contribution in [0.15, 0.2) is 47.5 Å². The minimum Gasteiger partial charge on any atom is -0.493 e. The highest BCUT2D eigenvalue weighted by Gasteiger charge is 2.11. The minimum absolute atomic E-state index is 0.668. The van der Waals surface area contributed by atoms with E-state index >= 15 is 0 Å². The van der Waals surface area contributed by atoms with Gasteiger partial charge in [-0.15, -0.1) is 0 Å². The van der Waals surface area contributed by atoms with Crippen molar-refractivity contribution in [2.75, 3.05) is 57.8 Å². The summed E-state index contributed by atoms with van der Waals surface area (Å²) in [6.07, 6.45) is 0. The number of guanidine groups is 1. The highest BCUT2D eigenvalue weighted by atomic mass is 16.5. The molecule has 2 aromatic carbocycles. The quantitative estimate of drug-likeness (QED) is 0.590. The molecule has 0 atom stereocenters. The van der Waals surface area contributed by atoms with Gasteiger partial charge in [0.1, 0.15) is 0 Å². The molecule has 0 unspecified atom stereocenters. The standard InChI is InChI=1S/C21H28N4O3/c1-22-21(24-17-6-9-19(26-2)20(14-17)27-3)23-15-16-4-7-18(8-5-16)25-10-12-28-13-11-25/h4-9,14H,10-13,15H2,1-3H3,(H2,22,23,24). The van der Waals surface area contributed by atoms with Gasteiger partial charge in [0, 0.05) is 44.1 Å². The smallest absolute Gasteiger partial charge is 0.195 e. The summed E-state index contributed by atoms with van der Waals surface area (Å²) in [5, 5.41) is 6.60. The molecule has 2 aromatic rings. The molecule has 1 aliphatic rings. The number of rotatable bonds is 6. The Bertz CT molecular complexity index is 787. The predicted molar refractivity (Wildman–Crippen MR) is 113 cm³/mol. The van der Waals surface area contributed by atoms with E-state index in [1.165, 1.54) is 11.3 Å². The molecular weight excluding hydrogens is 356 g/mol. The van der Waals surface area contributed by atoms with Gasteiger partial charge in [-0.1, -0.05) is 12.1 Å². The summed E-state index contributed by atoms with van der Waals surface area (Å²) in [5.41, 5.74) is 3.29. The molecule has 7 heteroatoms. The number of aliphatic imine (C=N–C) groups is 1. The van der Waals surface area contributed by atoms with Crippen LogP contribution in [0.2, 0.25) is 0 Å². The molecule has 0 bridgehead atoms. The van der Waals surface area contributed by atoms with Gasteiger partial charge in [-0.05, 0) is 29.8 Å². The van der Waals surface area contributed by atoms with Crippen LogP contribution in [-0.2, 0) is 11.3 Å². The third kappa shape index (κ3) is 5.07. The first-order valence-electron chi connectivity index (χ1n) is 9.35. The Hall–Kier alpha value is -2.93. The van der Waals surface area contributed by atoms with Gasteiger partial charge < -0.3 is 29.7 Å². The zero-order chi connectivity index (χ0) is 19.8. The maximum absolute atomic E-state index is 5.41.